The van der Waals surface area contributed by atoms with Crippen LogP contribution in [-0.2, 0) is 13.0 Å². The van der Waals surface area contributed by atoms with Crippen LogP contribution < -0.4 is 4.90 Å². The molecule has 4 heterocycles. The maximum Gasteiger partial charge on any atom is 0.226 e. The number of nitriles is 1. The summed E-state index contributed by atoms with van der Waals surface area (Å²) in [5.41, 5.74) is 1.81. The van der Waals surface area contributed by atoms with E-state index in [2.05, 4.69) is 31.7 Å². The van der Waals surface area contributed by atoms with Gasteiger partial charge in [-0.1, -0.05) is 0 Å². The number of anilines is 1. The first-order valence-electron chi connectivity index (χ1n) is 8.37. The number of nitrogens with zero attached hydrogens (tertiary/aromatic N) is 6. The van der Waals surface area contributed by atoms with Gasteiger partial charge < -0.3 is 9.47 Å². The van der Waals surface area contributed by atoms with Crippen LogP contribution in [0.15, 0.2) is 18.5 Å². The van der Waals surface area contributed by atoms with E-state index in [9.17, 15) is 0 Å². The summed E-state index contributed by atoms with van der Waals surface area (Å²) in [5, 5.41) is 9.02. The summed E-state index contributed by atoms with van der Waals surface area (Å²) in [6.07, 6.45) is 9.66. The van der Waals surface area contributed by atoms with E-state index >= 15 is 0 Å². The van der Waals surface area contributed by atoms with Gasteiger partial charge >= 0.3 is 0 Å². The Hall–Kier alpha value is -2.42. The second-order valence-corrected chi connectivity index (χ2v) is 6.36. The van der Waals surface area contributed by atoms with E-state index in [1.54, 1.807) is 12.3 Å². The van der Waals surface area contributed by atoms with Gasteiger partial charge in [0.05, 0.1) is 0 Å². The van der Waals surface area contributed by atoms with Gasteiger partial charge in [0.25, 0.3) is 0 Å². The largest absolute Gasteiger partial charge is 0.340 e. The quantitative estimate of drug-likeness (QED) is 0.851. The van der Waals surface area contributed by atoms with Crippen LogP contribution in [0.2, 0.25) is 0 Å². The van der Waals surface area contributed by atoms with Crippen LogP contribution in [0.3, 0.4) is 0 Å². The molecule has 2 aromatic rings. The van der Waals surface area contributed by atoms with E-state index in [-0.39, 0.29) is 0 Å². The molecule has 0 amide bonds. The molecule has 0 N–H and O–H groups in total. The first-order valence-corrected chi connectivity index (χ1v) is 8.37. The molecule has 0 saturated carbocycles. The van der Waals surface area contributed by atoms with E-state index < -0.39 is 0 Å². The molecule has 0 bridgehead atoms. The molecule has 1 fully saturated rings. The summed E-state index contributed by atoms with van der Waals surface area (Å²) in [5.74, 6) is 2.31. The molecule has 6 heteroatoms. The van der Waals surface area contributed by atoms with Crippen LogP contribution in [0.1, 0.15) is 48.8 Å². The Morgan fingerprint density at radius 2 is 2.13 bits per heavy atom. The van der Waals surface area contributed by atoms with Crippen LogP contribution in [0.25, 0.3) is 0 Å². The lowest BCUT2D eigenvalue weighted by Crippen LogP contribution is -2.36. The van der Waals surface area contributed by atoms with Crippen molar-refractivity contribution in [1.82, 2.24) is 19.5 Å². The third-order valence-corrected chi connectivity index (χ3v) is 4.86. The molecule has 0 aromatic carbocycles. The van der Waals surface area contributed by atoms with E-state index in [1.165, 1.54) is 24.4 Å². The highest BCUT2D eigenvalue weighted by Crippen LogP contribution is 2.30. The number of hydrogen-bond acceptors (Lipinski definition) is 5. The van der Waals surface area contributed by atoms with Crippen LogP contribution in [0.5, 0.6) is 0 Å². The second-order valence-electron chi connectivity index (χ2n) is 6.36. The predicted molar refractivity (Wildman–Crippen MR) is 86.1 cm³/mol. The van der Waals surface area contributed by atoms with Gasteiger partial charge in [0.1, 0.15) is 17.6 Å². The average molecular weight is 308 g/mol. The SMILES string of the molecule is N#Cc1ccnc(N2CCC[C@H](c3ncc4n3CCCC4)C2)n1. The minimum absolute atomic E-state index is 0.421. The molecular formula is C17H20N6. The summed E-state index contributed by atoms with van der Waals surface area (Å²) in [4.78, 5) is 15.6. The van der Waals surface area contributed by atoms with Crippen molar-refractivity contribution in [1.29, 1.82) is 5.26 Å². The number of hydrogen-bond donors (Lipinski definition) is 0. The van der Waals surface area contributed by atoms with Crippen LogP contribution in [0.4, 0.5) is 5.95 Å². The van der Waals surface area contributed by atoms with Gasteiger partial charge in [-0.3, -0.25) is 0 Å². The molecule has 118 valence electrons. The van der Waals surface area contributed by atoms with Gasteiger partial charge in [0, 0.05) is 43.6 Å². The van der Waals surface area contributed by atoms with Gasteiger partial charge in [-0.15, -0.1) is 0 Å². The molecule has 1 saturated heterocycles. The molecule has 0 aliphatic carbocycles. The number of fused-ring (bicyclic) bond motifs is 1. The van der Waals surface area contributed by atoms with Crippen LogP contribution in [-0.4, -0.2) is 32.6 Å². The topological polar surface area (TPSA) is 70.6 Å². The Morgan fingerprint density at radius 3 is 3.04 bits per heavy atom. The molecule has 0 unspecified atom stereocenters. The molecular weight excluding hydrogens is 288 g/mol. The highest BCUT2D eigenvalue weighted by Gasteiger charge is 2.27. The fourth-order valence-electron chi connectivity index (χ4n) is 3.72. The smallest absolute Gasteiger partial charge is 0.226 e. The number of aromatic nitrogens is 4. The Kier molecular flexibility index (Phi) is 3.70. The Labute approximate surface area is 135 Å². The summed E-state index contributed by atoms with van der Waals surface area (Å²) < 4.78 is 2.42. The summed E-state index contributed by atoms with van der Waals surface area (Å²) in [6, 6.07) is 3.74. The molecule has 4 rings (SSSR count). The van der Waals surface area contributed by atoms with Crippen molar-refractivity contribution in [2.75, 3.05) is 18.0 Å². The first-order chi connectivity index (χ1) is 11.3. The minimum Gasteiger partial charge on any atom is -0.340 e. The fraction of sp³-hybridized carbons (Fsp3) is 0.529. The average Bonchev–Trinajstić information content (AvgIpc) is 3.06. The molecule has 0 radical (unpaired) electrons. The summed E-state index contributed by atoms with van der Waals surface area (Å²) in [6.45, 7) is 2.92. The summed E-state index contributed by atoms with van der Waals surface area (Å²) in [7, 11) is 0. The van der Waals surface area contributed by atoms with Gasteiger partial charge in [-0.25, -0.2) is 15.0 Å². The van der Waals surface area contributed by atoms with E-state index in [0.717, 1.165) is 38.9 Å². The Morgan fingerprint density at radius 1 is 1.17 bits per heavy atom. The molecule has 0 spiro atoms. The van der Waals surface area contributed by atoms with Crippen molar-refractivity contribution in [3.05, 3.63) is 35.7 Å². The zero-order valence-corrected chi connectivity index (χ0v) is 13.1. The standard InChI is InChI=1S/C17H20N6/c18-10-14-6-7-19-17(21-14)22-8-3-4-13(12-22)16-20-11-15-5-1-2-9-23(15)16/h6-7,11,13H,1-5,8-9,12H2/t13-/m0/s1. The van der Waals surface area contributed by atoms with Crippen molar-refractivity contribution in [2.24, 2.45) is 0 Å². The molecule has 2 aliphatic heterocycles. The van der Waals surface area contributed by atoms with Crippen molar-refractivity contribution >= 4 is 5.95 Å². The maximum atomic E-state index is 9.02. The lowest BCUT2D eigenvalue weighted by atomic mass is 9.97. The van der Waals surface area contributed by atoms with Crippen LogP contribution >= 0.6 is 0 Å². The minimum atomic E-state index is 0.421. The second kappa shape index (κ2) is 5.99. The molecule has 2 aromatic heterocycles. The number of aryl methyl sites for hydroxylation is 1. The monoisotopic (exact) mass is 308 g/mol. The Bertz CT molecular complexity index is 744. The third kappa shape index (κ3) is 2.67. The zero-order valence-electron chi connectivity index (χ0n) is 13.1. The van der Waals surface area contributed by atoms with E-state index in [0.29, 0.717) is 17.6 Å². The third-order valence-electron chi connectivity index (χ3n) is 4.86. The summed E-state index contributed by atoms with van der Waals surface area (Å²) >= 11 is 0. The van der Waals surface area contributed by atoms with E-state index in [4.69, 9.17) is 10.2 Å². The molecule has 2 aliphatic rings. The number of imidazole rings is 1. The maximum absolute atomic E-state index is 9.02. The van der Waals surface area contributed by atoms with Gasteiger partial charge in [-0.2, -0.15) is 5.26 Å². The lowest BCUT2D eigenvalue weighted by molar-refractivity contribution is 0.443. The highest BCUT2D eigenvalue weighted by atomic mass is 15.3. The van der Waals surface area contributed by atoms with Gasteiger partial charge in [0.15, 0.2) is 0 Å². The lowest BCUT2D eigenvalue weighted by Gasteiger charge is -2.33. The van der Waals surface area contributed by atoms with E-state index in [1.807, 2.05) is 0 Å². The molecule has 23 heavy (non-hydrogen) atoms. The molecule has 6 nitrogen and oxygen atoms in total. The van der Waals surface area contributed by atoms with Crippen LogP contribution in [0, 0.1) is 11.3 Å². The highest BCUT2D eigenvalue weighted by molar-refractivity contribution is 5.35. The van der Waals surface area contributed by atoms with Crippen molar-refractivity contribution in [3.8, 4) is 6.07 Å². The zero-order chi connectivity index (χ0) is 15.6. The van der Waals surface area contributed by atoms with Crippen molar-refractivity contribution in [2.45, 2.75) is 44.6 Å². The molecule has 1 atom stereocenters. The Balaban J connectivity index is 1.57. The number of rotatable bonds is 2. The van der Waals surface area contributed by atoms with Crippen molar-refractivity contribution < 1.29 is 0 Å². The van der Waals surface area contributed by atoms with Gasteiger partial charge in [-0.05, 0) is 38.2 Å². The fourth-order valence-corrected chi connectivity index (χ4v) is 3.72. The number of piperidine rings is 1. The normalized spacial score (nSPS) is 20.8. The van der Waals surface area contributed by atoms with Gasteiger partial charge in [0.2, 0.25) is 5.95 Å². The van der Waals surface area contributed by atoms with Crippen molar-refractivity contribution in [3.63, 3.8) is 0 Å². The first kappa shape index (κ1) is 14.2. The predicted octanol–water partition coefficient (Wildman–Crippen LogP) is 2.27.